The molecule has 3 aromatic carbocycles. The molecule has 0 aliphatic carbocycles. The molecule has 3 aromatic rings. The van der Waals surface area contributed by atoms with Crippen molar-refractivity contribution in [3.05, 3.63) is 107 Å². The molecule has 3 rings (SSSR count). The largest absolute Gasteiger partial charge is 0.357 e. The van der Waals surface area contributed by atoms with Gasteiger partial charge in [0.25, 0.3) is 0 Å². The fraction of sp³-hybridized carbons (Fsp3) is 0.310. The maximum Gasteiger partial charge on any atom is 0.242 e. The highest BCUT2D eigenvalue weighted by Gasteiger charge is 2.29. The van der Waals surface area contributed by atoms with Gasteiger partial charge in [0.2, 0.25) is 11.8 Å². The first-order valence-corrected chi connectivity index (χ1v) is 11.8. The summed E-state index contributed by atoms with van der Waals surface area (Å²) in [5, 5.41) is 2.71. The molecule has 0 saturated carbocycles. The number of hydrogen-bond donors (Lipinski definition) is 1. The molecule has 0 fully saturated rings. The van der Waals surface area contributed by atoms with Gasteiger partial charge in [-0.05, 0) is 46.7 Å². The zero-order valence-electron chi connectivity index (χ0n) is 20.1. The van der Waals surface area contributed by atoms with Gasteiger partial charge in [-0.1, -0.05) is 80.6 Å². The number of halogens is 1. The predicted octanol–water partition coefficient (Wildman–Crippen LogP) is 5.27. The summed E-state index contributed by atoms with van der Waals surface area (Å²) in [5.41, 5.74) is 4.09. The lowest BCUT2D eigenvalue weighted by molar-refractivity contribution is -0.141. The summed E-state index contributed by atoms with van der Waals surface area (Å²) < 4.78 is 13.5. The Morgan fingerprint density at radius 3 is 2.06 bits per heavy atom. The van der Waals surface area contributed by atoms with Crippen molar-refractivity contribution in [2.45, 2.75) is 51.6 Å². The van der Waals surface area contributed by atoms with E-state index in [-0.39, 0.29) is 30.6 Å². The van der Waals surface area contributed by atoms with Crippen LogP contribution >= 0.6 is 0 Å². The third-order valence-corrected chi connectivity index (χ3v) is 6.06. The van der Waals surface area contributed by atoms with Crippen LogP contribution in [0.2, 0.25) is 0 Å². The van der Waals surface area contributed by atoms with Gasteiger partial charge in [-0.15, -0.1) is 0 Å². The normalized spacial score (nSPS) is 11.8. The van der Waals surface area contributed by atoms with Crippen molar-refractivity contribution in [3.63, 3.8) is 0 Å². The van der Waals surface area contributed by atoms with Crippen LogP contribution < -0.4 is 5.32 Å². The minimum absolute atomic E-state index is 0.109. The Kier molecular flexibility index (Phi) is 8.97. The number of carbonyl (C=O) groups excluding carboxylic acids is 2. The topological polar surface area (TPSA) is 49.4 Å². The van der Waals surface area contributed by atoms with Crippen LogP contribution in [-0.2, 0) is 29.0 Å². The molecular formula is C29H33FN2O2. The zero-order valence-corrected chi connectivity index (χ0v) is 20.1. The molecule has 1 atom stereocenters. The van der Waals surface area contributed by atoms with E-state index in [4.69, 9.17) is 0 Å². The van der Waals surface area contributed by atoms with E-state index < -0.39 is 6.04 Å². The van der Waals surface area contributed by atoms with E-state index in [1.165, 1.54) is 17.7 Å². The second-order valence-corrected chi connectivity index (χ2v) is 8.86. The number of amides is 2. The van der Waals surface area contributed by atoms with Crippen LogP contribution in [0.25, 0.3) is 0 Å². The summed E-state index contributed by atoms with van der Waals surface area (Å²) in [5.74, 6) is -0.214. The first kappa shape index (κ1) is 25.2. The Labute approximate surface area is 201 Å². The van der Waals surface area contributed by atoms with E-state index in [1.54, 1.807) is 24.1 Å². The van der Waals surface area contributed by atoms with Gasteiger partial charge in [-0.25, -0.2) is 4.39 Å². The maximum absolute atomic E-state index is 13.5. The number of hydrogen-bond acceptors (Lipinski definition) is 2. The first-order valence-electron chi connectivity index (χ1n) is 11.8. The van der Waals surface area contributed by atoms with Gasteiger partial charge in [0.1, 0.15) is 11.9 Å². The number of nitrogens with one attached hydrogen (secondary N) is 1. The molecule has 178 valence electrons. The highest BCUT2D eigenvalue weighted by atomic mass is 19.1. The molecule has 0 aliphatic rings. The smallest absolute Gasteiger partial charge is 0.242 e. The van der Waals surface area contributed by atoms with Crippen molar-refractivity contribution in [1.82, 2.24) is 10.2 Å². The lowest BCUT2D eigenvalue weighted by Crippen LogP contribution is -2.49. The molecule has 1 N–H and O–H groups in total. The average molecular weight is 461 g/mol. The minimum Gasteiger partial charge on any atom is -0.357 e. The van der Waals surface area contributed by atoms with Gasteiger partial charge in [-0.2, -0.15) is 0 Å². The highest BCUT2D eigenvalue weighted by Crippen LogP contribution is 2.19. The number of likely N-dealkylation sites (N-methyl/N-ethyl adjacent to an activating group) is 1. The van der Waals surface area contributed by atoms with Gasteiger partial charge in [0, 0.05) is 26.4 Å². The van der Waals surface area contributed by atoms with Crippen molar-refractivity contribution in [2.75, 3.05) is 7.05 Å². The Morgan fingerprint density at radius 1 is 0.853 bits per heavy atom. The van der Waals surface area contributed by atoms with Gasteiger partial charge in [0.15, 0.2) is 0 Å². The Morgan fingerprint density at radius 2 is 1.47 bits per heavy atom. The molecule has 34 heavy (non-hydrogen) atoms. The second-order valence-electron chi connectivity index (χ2n) is 8.86. The van der Waals surface area contributed by atoms with Crippen LogP contribution in [0, 0.1) is 5.82 Å². The monoisotopic (exact) mass is 460 g/mol. The fourth-order valence-electron chi connectivity index (χ4n) is 3.97. The molecule has 0 spiro atoms. The third-order valence-electron chi connectivity index (χ3n) is 6.06. The van der Waals surface area contributed by atoms with E-state index in [0.29, 0.717) is 18.8 Å². The molecule has 0 unspecified atom stereocenters. The standard InChI is InChI=1S/C29H33FN2O2/c1-21(2)25-14-9-22(10-15-25)13-18-28(33)32(20-24-11-16-26(30)17-12-24)27(29(34)31-3)19-23-7-5-4-6-8-23/h4-12,14-17,21,27H,13,18-20H2,1-3H3,(H,31,34)/t27-/m0/s1. The van der Waals surface area contributed by atoms with Crippen molar-refractivity contribution < 1.29 is 14.0 Å². The van der Waals surface area contributed by atoms with Gasteiger partial charge >= 0.3 is 0 Å². The molecule has 0 aromatic heterocycles. The van der Waals surface area contributed by atoms with Gasteiger partial charge < -0.3 is 10.2 Å². The molecule has 0 saturated heterocycles. The maximum atomic E-state index is 13.5. The molecule has 0 radical (unpaired) electrons. The third kappa shape index (κ3) is 7.01. The lowest BCUT2D eigenvalue weighted by atomic mass is 9.99. The Balaban J connectivity index is 1.83. The van der Waals surface area contributed by atoms with Crippen LogP contribution in [0.4, 0.5) is 4.39 Å². The van der Waals surface area contributed by atoms with Crippen LogP contribution in [0.3, 0.4) is 0 Å². The molecule has 0 heterocycles. The quantitative estimate of drug-likeness (QED) is 0.448. The van der Waals surface area contributed by atoms with Crippen molar-refractivity contribution in [3.8, 4) is 0 Å². The highest BCUT2D eigenvalue weighted by molar-refractivity contribution is 5.88. The summed E-state index contributed by atoms with van der Waals surface area (Å²) in [6.45, 7) is 4.53. The van der Waals surface area contributed by atoms with E-state index >= 15 is 0 Å². The fourth-order valence-corrected chi connectivity index (χ4v) is 3.97. The van der Waals surface area contributed by atoms with Gasteiger partial charge in [-0.3, -0.25) is 9.59 Å². The van der Waals surface area contributed by atoms with Crippen molar-refractivity contribution in [2.24, 2.45) is 0 Å². The van der Waals surface area contributed by atoms with Crippen LogP contribution in [-0.4, -0.2) is 29.8 Å². The SMILES string of the molecule is CNC(=O)[C@H](Cc1ccccc1)N(Cc1ccc(F)cc1)C(=O)CCc1ccc(C(C)C)cc1. The molecule has 2 amide bonds. The molecular weight excluding hydrogens is 427 g/mol. The average Bonchev–Trinajstić information content (AvgIpc) is 2.86. The van der Waals surface area contributed by atoms with Gasteiger partial charge in [0.05, 0.1) is 0 Å². The molecule has 0 bridgehead atoms. The van der Waals surface area contributed by atoms with Crippen LogP contribution in [0.1, 0.15) is 48.4 Å². The number of benzene rings is 3. The molecule has 0 aliphatic heterocycles. The number of aryl methyl sites for hydroxylation is 1. The number of carbonyl (C=O) groups is 2. The summed E-state index contributed by atoms with van der Waals surface area (Å²) in [7, 11) is 1.58. The number of rotatable bonds is 10. The minimum atomic E-state index is -0.673. The van der Waals surface area contributed by atoms with E-state index in [9.17, 15) is 14.0 Å². The van der Waals surface area contributed by atoms with E-state index in [0.717, 1.165) is 16.7 Å². The van der Waals surface area contributed by atoms with Crippen molar-refractivity contribution >= 4 is 11.8 Å². The summed E-state index contributed by atoms with van der Waals surface area (Å²) >= 11 is 0. The zero-order chi connectivity index (χ0) is 24.5. The Bertz CT molecular complexity index is 1060. The summed E-state index contributed by atoms with van der Waals surface area (Å²) in [4.78, 5) is 28.0. The summed E-state index contributed by atoms with van der Waals surface area (Å²) in [6, 6.07) is 23.4. The first-order chi connectivity index (χ1) is 16.4. The second kappa shape index (κ2) is 12.1. The number of nitrogens with zero attached hydrogens (tertiary/aromatic N) is 1. The predicted molar refractivity (Wildman–Crippen MR) is 134 cm³/mol. The van der Waals surface area contributed by atoms with Crippen LogP contribution in [0.15, 0.2) is 78.9 Å². The van der Waals surface area contributed by atoms with Crippen molar-refractivity contribution in [1.29, 1.82) is 0 Å². The van der Waals surface area contributed by atoms with Crippen LogP contribution in [0.5, 0.6) is 0 Å². The molecule has 4 nitrogen and oxygen atoms in total. The van der Waals surface area contributed by atoms with E-state index in [2.05, 4.69) is 43.4 Å². The summed E-state index contributed by atoms with van der Waals surface area (Å²) in [6.07, 6.45) is 1.27. The molecule has 5 heteroatoms. The lowest BCUT2D eigenvalue weighted by Gasteiger charge is -2.31. The Hall–Kier alpha value is -3.47. The van der Waals surface area contributed by atoms with E-state index in [1.807, 2.05) is 30.3 Å².